The van der Waals surface area contributed by atoms with Crippen LogP contribution in [0.5, 0.6) is 0 Å². The quantitative estimate of drug-likeness (QED) is 0.843. The highest BCUT2D eigenvalue weighted by Gasteiger charge is 2.23. The molecule has 2 N–H and O–H groups in total. The maximum Gasteiger partial charge on any atom is 0.230 e. The lowest BCUT2D eigenvalue weighted by Crippen LogP contribution is -2.37. The van der Waals surface area contributed by atoms with Crippen molar-refractivity contribution < 1.29 is 9.90 Å². The molecule has 1 aromatic carbocycles. The van der Waals surface area contributed by atoms with Crippen LogP contribution >= 0.6 is 23.4 Å². The van der Waals surface area contributed by atoms with Gasteiger partial charge in [-0.05, 0) is 30.5 Å². The van der Waals surface area contributed by atoms with E-state index in [-0.39, 0.29) is 17.9 Å². The number of hydrogen-bond donors (Lipinski definition) is 2. The molecule has 0 aromatic heterocycles. The molecule has 116 valence electrons. The number of amides is 1. The van der Waals surface area contributed by atoms with Crippen molar-refractivity contribution in [2.24, 2.45) is 5.92 Å². The van der Waals surface area contributed by atoms with Crippen molar-refractivity contribution in [1.29, 1.82) is 0 Å². The van der Waals surface area contributed by atoms with Gasteiger partial charge in [0.1, 0.15) is 0 Å². The molecular formula is C16H22ClNO2S. The minimum atomic E-state index is -0.252. The van der Waals surface area contributed by atoms with Gasteiger partial charge < -0.3 is 10.4 Å². The van der Waals surface area contributed by atoms with Crippen LogP contribution < -0.4 is 5.32 Å². The molecule has 2 unspecified atom stereocenters. The van der Waals surface area contributed by atoms with Crippen LogP contribution in [0.2, 0.25) is 5.02 Å². The number of thioether (sulfide) groups is 1. The second-order valence-electron chi connectivity index (χ2n) is 5.54. The lowest BCUT2D eigenvalue weighted by molar-refractivity contribution is -0.119. The van der Waals surface area contributed by atoms with E-state index in [9.17, 15) is 9.90 Å². The van der Waals surface area contributed by atoms with Gasteiger partial charge in [-0.15, -0.1) is 11.8 Å². The van der Waals surface area contributed by atoms with E-state index in [1.54, 1.807) is 11.8 Å². The molecule has 0 bridgehead atoms. The third-order valence-corrected chi connectivity index (χ3v) is 5.06. The lowest BCUT2D eigenvalue weighted by Gasteiger charge is -2.27. The van der Waals surface area contributed by atoms with Crippen molar-refractivity contribution in [3.8, 4) is 0 Å². The van der Waals surface area contributed by atoms with Crippen molar-refractivity contribution in [2.75, 3.05) is 12.3 Å². The maximum absolute atomic E-state index is 11.8. The molecule has 2 atom stereocenters. The summed E-state index contributed by atoms with van der Waals surface area (Å²) in [4.78, 5) is 11.8. The Morgan fingerprint density at radius 1 is 1.38 bits per heavy atom. The fourth-order valence-corrected chi connectivity index (χ4v) is 3.63. The van der Waals surface area contributed by atoms with Gasteiger partial charge in [-0.3, -0.25) is 4.79 Å². The van der Waals surface area contributed by atoms with Crippen LogP contribution in [0.15, 0.2) is 24.3 Å². The molecule has 1 amide bonds. The Hall–Kier alpha value is -0.710. The molecule has 1 aliphatic rings. The van der Waals surface area contributed by atoms with E-state index in [0.29, 0.717) is 12.3 Å². The number of carbonyl (C=O) groups excluding carboxylic acids is 1. The Bertz CT molecular complexity index is 469. The number of carbonyl (C=O) groups is 1. The Balaban J connectivity index is 1.63. The highest BCUT2D eigenvalue weighted by molar-refractivity contribution is 7.99. The van der Waals surface area contributed by atoms with E-state index in [4.69, 9.17) is 11.6 Å². The van der Waals surface area contributed by atoms with Crippen molar-refractivity contribution in [2.45, 2.75) is 37.5 Å². The first-order valence-electron chi connectivity index (χ1n) is 7.42. The predicted molar refractivity (Wildman–Crippen MR) is 88.6 cm³/mol. The van der Waals surface area contributed by atoms with Crippen molar-refractivity contribution in [1.82, 2.24) is 5.32 Å². The van der Waals surface area contributed by atoms with Gasteiger partial charge in [-0.2, -0.15) is 0 Å². The van der Waals surface area contributed by atoms with Crippen molar-refractivity contribution >= 4 is 29.3 Å². The van der Waals surface area contributed by atoms with Crippen molar-refractivity contribution in [3.05, 3.63) is 34.9 Å². The van der Waals surface area contributed by atoms with E-state index < -0.39 is 0 Å². The van der Waals surface area contributed by atoms with Crippen LogP contribution in [0.25, 0.3) is 0 Å². The summed E-state index contributed by atoms with van der Waals surface area (Å²) in [6.07, 6.45) is 3.88. The fraction of sp³-hybridized carbons (Fsp3) is 0.562. The second kappa shape index (κ2) is 8.66. The largest absolute Gasteiger partial charge is 0.393 e. The van der Waals surface area contributed by atoms with Gasteiger partial charge in [-0.1, -0.05) is 36.6 Å². The monoisotopic (exact) mass is 327 g/mol. The molecule has 0 spiro atoms. The molecule has 0 radical (unpaired) electrons. The van der Waals surface area contributed by atoms with Crippen LogP contribution in [-0.2, 0) is 10.5 Å². The van der Waals surface area contributed by atoms with E-state index in [2.05, 4.69) is 5.32 Å². The minimum Gasteiger partial charge on any atom is -0.393 e. The molecule has 5 heteroatoms. The van der Waals surface area contributed by atoms with Gasteiger partial charge >= 0.3 is 0 Å². The van der Waals surface area contributed by atoms with Crippen LogP contribution in [0.4, 0.5) is 0 Å². The summed E-state index contributed by atoms with van der Waals surface area (Å²) in [5.41, 5.74) is 1.13. The Labute approximate surface area is 135 Å². The van der Waals surface area contributed by atoms with Crippen LogP contribution in [0.3, 0.4) is 0 Å². The van der Waals surface area contributed by atoms with E-state index >= 15 is 0 Å². The smallest absolute Gasteiger partial charge is 0.230 e. The normalized spacial score (nSPS) is 22.0. The molecule has 21 heavy (non-hydrogen) atoms. The fourth-order valence-electron chi connectivity index (χ4n) is 2.61. The first-order chi connectivity index (χ1) is 10.1. The molecule has 1 saturated carbocycles. The summed E-state index contributed by atoms with van der Waals surface area (Å²) < 4.78 is 0. The number of hydrogen-bond acceptors (Lipinski definition) is 3. The molecular weight excluding hydrogens is 306 g/mol. The minimum absolute atomic E-state index is 0.0415. The van der Waals surface area contributed by atoms with Gasteiger partial charge in [-0.25, -0.2) is 0 Å². The second-order valence-corrected chi connectivity index (χ2v) is 6.96. The number of benzene rings is 1. The zero-order valence-electron chi connectivity index (χ0n) is 12.1. The Kier molecular flexibility index (Phi) is 6.87. The van der Waals surface area contributed by atoms with E-state index in [1.807, 2.05) is 24.3 Å². The third-order valence-electron chi connectivity index (χ3n) is 3.82. The Morgan fingerprint density at radius 2 is 2.19 bits per heavy atom. The average molecular weight is 328 g/mol. The number of aliphatic hydroxyl groups excluding tert-OH is 1. The van der Waals surface area contributed by atoms with Gasteiger partial charge in [0.05, 0.1) is 11.9 Å². The SMILES string of the molecule is O=C(CSCc1cccc(Cl)c1)NCC1CCCCC1O. The highest BCUT2D eigenvalue weighted by atomic mass is 35.5. The molecule has 1 aliphatic carbocycles. The van der Waals surface area contributed by atoms with E-state index in [0.717, 1.165) is 42.0 Å². The van der Waals surface area contributed by atoms with Gasteiger partial charge in [0.2, 0.25) is 5.91 Å². The molecule has 0 aliphatic heterocycles. The topological polar surface area (TPSA) is 49.3 Å². The van der Waals surface area contributed by atoms with Gasteiger partial charge in [0, 0.05) is 23.2 Å². The zero-order valence-corrected chi connectivity index (χ0v) is 13.6. The van der Waals surface area contributed by atoms with Crippen LogP contribution in [0.1, 0.15) is 31.2 Å². The number of nitrogens with one attached hydrogen (secondary N) is 1. The maximum atomic E-state index is 11.8. The number of halogens is 1. The molecule has 3 nitrogen and oxygen atoms in total. The summed E-state index contributed by atoms with van der Waals surface area (Å²) in [5, 5.41) is 13.5. The molecule has 0 heterocycles. The summed E-state index contributed by atoms with van der Waals surface area (Å²) in [6, 6.07) is 7.70. The first kappa shape index (κ1) is 16.7. The zero-order chi connectivity index (χ0) is 15.1. The molecule has 2 rings (SSSR count). The average Bonchev–Trinajstić information content (AvgIpc) is 2.46. The lowest BCUT2D eigenvalue weighted by atomic mass is 9.86. The number of rotatable bonds is 6. The van der Waals surface area contributed by atoms with Crippen molar-refractivity contribution in [3.63, 3.8) is 0 Å². The highest BCUT2D eigenvalue weighted by Crippen LogP contribution is 2.23. The molecule has 0 saturated heterocycles. The number of aliphatic hydroxyl groups is 1. The molecule has 1 aromatic rings. The van der Waals surface area contributed by atoms with Gasteiger partial charge in [0.25, 0.3) is 0 Å². The van der Waals surface area contributed by atoms with Crippen LogP contribution in [-0.4, -0.2) is 29.4 Å². The third kappa shape index (κ3) is 5.89. The summed E-state index contributed by atoms with van der Waals surface area (Å²) in [5.74, 6) is 1.48. The van der Waals surface area contributed by atoms with Crippen LogP contribution in [0, 0.1) is 5.92 Å². The van der Waals surface area contributed by atoms with E-state index in [1.165, 1.54) is 0 Å². The van der Waals surface area contributed by atoms with Gasteiger partial charge in [0.15, 0.2) is 0 Å². The standard InChI is InChI=1S/C16H22ClNO2S/c17-14-6-3-4-12(8-14)10-21-11-16(20)18-9-13-5-1-2-7-15(13)19/h3-4,6,8,13,15,19H,1-2,5,7,9-11H2,(H,18,20). The summed E-state index contributed by atoms with van der Waals surface area (Å²) in [7, 11) is 0. The Morgan fingerprint density at radius 3 is 2.95 bits per heavy atom. The first-order valence-corrected chi connectivity index (χ1v) is 8.95. The summed E-state index contributed by atoms with van der Waals surface area (Å²) in [6.45, 7) is 0.595. The molecule has 1 fully saturated rings. The predicted octanol–water partition coefficient (Wildman–Crippen LogP) is 3.24. The summed E-state index contributed by atoms with van der Waals surface area (Å²) >= 11 is 7.50.